The molecule has 0 bridgehead atoms. The molecule has 0 aromatic heterocycles. The highest BCUT2D eigenvalue weighted by atomic mass is 16.4. The quantitative estimate of drug-likeness (QED) is 0.209. The largest absolute Gasteiger partial charge is 0.510 e. The van der Waals surface area contributed by atoms with Crippen LogP contribution >= 0.6 is 0 Å². The minimum absolute atomic E-state index is 0.0116. The molecule has 5 nitrogen and oxygen atoms in total. The van der Waals surface area contributed by atoms with Crippen molar-refractivity contribution in [1.29, 1.82) is 0 Å². The van der Waals surface area contributed by atoms with E-state index >= 15 is 0 Å². The van der Waals surface area contributed by atoms with Gasteiger partial charge >= 0.3 is 5.97 Å². The minimum Gasteiger partial charge on any atom is -0.510 e. The maximum atomic E-state index is 10.3. The highest BCUT2D eigenvalue weighted by Gasteiger charge is 2.07. The number of carbonyl (C=O) groups is 1. The van der Waals surface area contributed by atoms with Gasteiger partial charge in [-0.15, -0.1) is 0 Å². The number of hydrogen-bond acceptors (Lipinski definition) is 4. The number of carboxylic acids is 1. The number of unbranched alkanes of at least 4 members (excludes halogenated alkanes) is 7. The lowest BCUT2D eigenvalue weighted by Gasteiger charge is -2.09. The Morgan fingerprint density at radius 1 is 0.913 bits per heavy atom. The molecule has 1 unspecified atom stereocenters. The molecule has 0 saturated heterocycles. The van der Waals surface area contributed by atoms with Crippen LogP contribution in [0.5, 0.6) is 0 Å². The van der Waals surface area contributed by atoms with Crippen LogP contribution in [0.25, 0.3) is 0 Å². The van der Waals surface area contributed by atoms with Gasteiger partial charge in [0.15, 0.2) is 0 Å². The summed E-state index contributed by atoms with van der Waals surface area (Å²) in [5, 5.41) is 36.7. The van der Waals surface area contributed by atoms with Crippen molar-refractivity contribution in [3.8, 4) is 0 Å². The number of rotatable bonds is 15. The number of carboxylic acid groups (broad SMARTS) is 1. The Kier molecular flexibility index (Phi) is 14.7. The topological polar surface area (TPSA) is 98.0 Å². The molecule has 0 fully saturated rings. The smallest absolute Gasteiger partial charge is 0.303 e. The van der Waals surface area contributed by atoms with Gasteiger partial charge in [-0.1, -0.05) is 44.3 Å². The fraction of sp³-hybridized carbons (Fsp3) is 0.722. The summed E-state index contributed by atoms with van der Waals surface area (Å²) in [6.07, 6.45) is 13.2. The third-order valence-corrected chi connectivity index (χ3v) is 3.64. The first-order valence-electron chi connectivity index (χ1n) is 8.64. The molecule has 1 atom stereocenters. The first-order valence-corrected chi connectivity index (χ1v) is 8.64. The SMILES string of the molecule is O=C(O)CCCCCCCC(O)/C(O)=C/C=C/CCCCCO. The Balaban J connectivity index is 3.63. The van der Waals surface area contributed by atoms with Crippen LogP contribution in [0, 0.1) is 0 Å². The fourth-order valence-electron chi connectivity index (χ4n) is 2.22. The molecule has 0 heterocycles. The summed E-state index contributed by atoms with van der Waals surface area (Å²) in [4.78, 5) is 10.3. The molecule has 0 aliphatic rings. The van der Waals surface area contributed by atoms with Gasteiger partial charge in [0.25, 0.3) is 0 Å². The van der Waals surface area contributed by atoms with Gasteiger partial charge in [0, 0.05) is 13.0 Å². The van der Waals surface area contributed by atoms with Gasteiger partial charge in [-0.25, -0.2) is 0 Å². The van der Waals surface area contributed by atoms with Crippen LogP contribution in [-0.2, 0) is 4.79 Å². The second-order valence-corrected chi connectivity index (χ2v) is 5.81. The monoisotopic (exact) mass is 328 g/mol. The standard InChI is InChI=1S/C18H32O5/c19-15-11-7-2-1-4-8-12-16(20)17(21)13-9-5-3-6-10-14-18(22)23/h4,8,12,17,19-21H,1-3,5-7,9-11,13-15H2,(H,22,23)/b8-4+,16-12-. The molecular weight excluding hydrogens is 296 g/mol. The van der Waals surface area contributed by atoms with E-state index in [9.17, 15) is 15.0 Å². The molecule has 0 amide bonds. The Labute approximate surface area is 139 Å². The highest BCUT2D eigenvalue weighted by molar-refractivity contribution is 5.66. The van der Waals surface area contributed by atoms with E-state index in [-0.39, 0.29) is 18.8 Å². The van der Waals surface area contributed by atoms with E-state index in [0.717, 1.165) is 51.4 Å². The molecule has 0 radical (unpaired) electrons. The van der Waals surface area contributed by atoms with E-state index in [2.05, 4.69) is 0 Å². The summed E-state index contributed by atoms with van der Waals surface area (Å²) >= 11 is 0. The first kappa shape index (κ1) is 21.7. The molecule has 134 valence electrons. The summed E-state index contributed by atoms with van der Waals surface area (Å²) in [6, 6.07) is 0. The molecule has 0 spiro atoms. The van der Waals surface area contributed by atoms with Crippen LogP contribution in [0.4, 0.5) is 0 Å². The van der Waals surface area contributed by atoms with E-state index in [1.807, 2.05) is 6.08 Å². The lowest BCUT2D eigenvalue weighted by Crippen LogP contribution is -2.09. The van der Waals surface area contributed by atoms with Gasteiger partial charge in [0.05, 0.1) is 0 Å². The second kappa shape index (κ2) is 15.6. The number of aliphatic hydroxyl groups excluding tert-OH is 3. The van der Waals surface area contributed by atoms with Crippen molar-refractivity contribution in [2.45, 2.75) is 76.7 Å². The molecule has 0 saturated carbocycles. The molecule has 0 aromatic rings. The minimum atomic E-state index is -0.826. The predicted octanol–water partition coefficient (Wildman–Crippen LogP) is 3.71. The van der Waals surface area contributed by atoms with E-state index in [1.165, 1.54) is 6.08 Å². The summed E-state index contributed by atoms with van der Waals surface area (Å²) in [6.45, 7) is 0.232. The average molecular weight is 328 g/mol. The average Bonchev–Trinajstić information content (AvgIpc) is 2.52. The molecular formula is C18H32O5. The van der Waals surface area contributed by atoms with Crippen LogP contribution in [0.2, 0.25) is 0 Å². The molecule has 0 rings (SSSR count). The predicted molar refractivity (Wildman–Crippen MR) is 91.4 cm³/mol. The third-order valence-electron chi connectivity index (χ3n) is 3.64. The Hall–Kier alpha value is -1.33. The van der Waals surface area contributed by atoms with Crippen LogP contribution in [0.15, 0.2) is 24.0 Å². The van der Waals surface area contributed by atoms with E-state index < -0.39 is 12.1 Å². The zero-order chi connectivity index (χ0) is 17.3. The van der Waals surface area contributed by atoms with Gasteiger partial charge in [-0.2, -0.15) is 0 Å². The Bertz CT molecular complexity index is 349. The van der Waals surface area contributed by atoms with Gasteiger partial charge in [-0.3, -0.25) is 4.79 Å². The molecule has 4 N–H and O–H groups in total. The molecule has 0 aliphatic heterocycles. The van der Waals surface area contributed by atoms with Crippen molar-refractivity contribution < 1.29 is 25.2 Å². The van der Waals surface area contributed by atoms with Crippen molar-refractivity contribution >= 4 is 5.97 Å². The van der Waals surface area contributed by atoms with Crippen molar-refractivity contribution in [2.75, 3.05) is 6.61 Å². The highest BCUT2D eigenvalue weighted by Crippen LogP contribution is 2.12. The number of hydrogen-bond donors (Lipinski definition) is 4. The maximum Gasteiger partial charge on any atom is 0.303 e. The summed E-state index contributed by atoms with van der Waals surface area (Å²) in [5.74, 6) is -0.764. The molecule has 0 aromatic carbocycles. The van der Waals surface area contributed by atoms with Crippen LogP contribution in [0.1, 0.15) is 70.6 Å². The van der Waals surface area contributed by atoms with Crippen LogP contribution in [0.3, 0.4) is 0 Å². The zero-order valence-electron chi connectivity index (χ0n) is 14.0. The maximum absolute atomic E-state index is 10.3. The molecule has 23 heavy (non-hydrogen) atoms. The van der Waals surface area contributed by atoms with E-state index in [4.69, 9.17) is 10.2 Å². The second-order valence-electron chi connectivity index (χ2n) is 5.81. The lowest BCUT2D eigenvalue weighted by molar-refractivity contribution is -0.137. The number of aliphatic hydroxyl groups is 3. The van der Waals surface area contributed by atoms with Crippen molar-refractivity contribution in [1.82, 2.24) is 0 Å². The van der Waals surface area contributed by atoms with Gasteiger partial charge in [0.1, 0.15) is 11.9 Å². The third kappa shape index (κ3) is 15.3. The van der Waals surface area contributed by atoms with Crippen molar-refractivity contribution in [3.05, 3.63) is 24.0 Å². The Morgan fingerprint density at radius 3 is 2.26 bits per heavy atom. The van der Waals surface area contributed by atoms with Crippen LogP contribution in [-0.4, -0.2) is 39.1 Å². The van der Waals surface area contributed by atoms with Crippen LogP contribution < -0.4 is 0 Å². The molecule has 5 heteroatoms. The number of aliphatic carboxylic acids is 1. The number of allylic oxidation sites excluding steroid dienone is 3. The fourth-order valence-corrected chi connectivity index (χ4v) is 2.22. The lowest BCUT2D eigenvalue weighted by atomic mass is 10.1. The summed E-state index contributed by atoms with van der Waals surface area (Å²) < 4.78 is 0. The summed E-state index contributed by atoms with van der Waals surface area (Å²) in [7, 11) is 0. The first-order chi connectivity index (χ1) is 11.1. The molecule has 0 aliphatic carbocycles. The van der Waals surface area contributed by atoms with E-state index in [0.29, 0.717) is 12.8 Å². The van der Waals surface area contributed by atoms with Gasteiger partial charge in [0.2, 0.25) is 0 Å². The van der Waals surface area contributed by atoms with Gasteiger partial charge in [-0.05, 0) is 38.2 Å². The van der Waals surface area contributed by atoms with Crippen molar-refractivity contribution in [3.63, 3.8) is 0 Å². The van der Waals surface area contributed by atoms with Crippen molar-refractivity contribution in [2.24, 2.45) is 0 Å². The van der Waals surface area contributed by atoms with E-state index in [1.54, 1.807) is 6.08 Å². The summed E-state index contributed by atoms with van der Waals surface area (Å²) in [5.41, 5.74) is 0. The normalized spacial score (nSPS) is 13.6. The van der Waals surface area contributed by atoms with Gasteiger partial charge < -0.3 is 20.4 Å². The Morgan fingerprint density at radius 2 is 1.57 bits per heavy atom. The zero-order valence-corrected chi connectivity index (χ0v) is 14.0.